The SMILES string of the molecule is Cc1cccc(C(=O)Oc2ccc(/C=C3\SC(=O)N(CC(=O)N4CCCC4)C3=O)cc2)c1. The summed E-state index contributed by atoms with van der Waals surface area (Å²) >= 11 is 0.817. The number of ether oxygens (including phenoxy) is 1. The summed E-state index contributed by atoms with van der Waals surface area (Å²) in [7, 11) is 0. The van der Waals surface area contributed by atoms with E-state index in [0.717, 1.165) is 35.1 Å². The first kappa shape index (κ1) is 21.8. The van der Waals surface area contributed by atoms with Gasteiger partial charge in [-0.25, -0.2) is 4.79 Å². The average molecular weight is 451 g/mol. The molecule has 0 saturated carbocycles. The zero-order valence-electron chi connectivity index (χ0n) is 17.6. The summed E-state index contributed by atoms with van der Waals surface area (Å²) in [5, 5.41) is -0.447. The van der Waals surface area contributed by atoms with E-state index in [0.29, 0.717) is 30.0 Å². The van der Waals surface area contributed by atoms with Crippen molar-refractivity contribution < 1.29 is 23.9 Å². The number of esters is 1. The summed E-state index contributed by atoms with van der Waals surface area (Å²) in [5.74, 6) is -0.753. The molecule has 2 aliphatic rings. The second kappa shape index (κ2) is 9.40. The first-order valence-corrected chi connectivity index (χ1v) is 11.1. The van der Waals surface area contributed by atoms with Crippen LogP contribution in [0.2, 0.25) is 0 Å². The highest BCUT2D eigenvalue weighted by molar-refractivity contribution is 8.18. The predicted octanol–water partition coefficient (Wildman–Crippen LogP) is 3.87. The highest BCUT2D eigenvalue weighted by Crippen LogP contribution is 2.32. The lowest BCUT2D eigenvalue weighted by Crippen LogP contribution is -2.40. The van der Waals surface area contributed by atoms with Gasteiger partial charge >= 0.3 is 5.97 Å². The molecule has 2 aromatic carbocycles. The fourth-order valence-electron chi connectivity index (χ4n) is 3.56. The van der Waals surface area contributed by atoms with Crippen LogP contribution >= 0.6 is 11.8 Å². The molecule has 0 unspecified atom stereocenters. The van der Waals surface area contributed by atoms with Gasteiger partial charge < -0.3 is 9.64 Å². The summed E-state index contributed by atoms with van der Waals surface area (Å²) < 4.78 is 5.39. The molecule has 0 aromatic heterocycles. The van der Waals surface area contributed by atoms with Gasteiger partial charge in [-0.1, -0.05) is 29.8 Å². The number of thioether (sulfide) groups is 1. The van der Waals surface area contributed by atoms with Crippen molar-refractivity contribution in [3.8, 4) is 5.75 Å². The summed E-state index contributed by atoms with van der Waals surface area (Å²) in [6.07, 6.45) is 3.49. The molecule has 164 valence electrons. The van der Waals surface area contributed by atoms with E-state index in [-0.39, 0.29) is 17.4 Å². The number of hydrogen-bond acceptors (Lipinski definition) is 6. The maximum atomic E-state index is 12.6. The van der Waals surface area contributed by atoms with Gasteiger partial charge in [-0.15, -0.1) is 0 Å². The van der Waals surface area contributed by atoms with Crippen LogP contribution in [0, 0.1) is 6.92 Å². The Morgan fingerprint density at radius 1 is 1.06 bits per heavy atom. The van der Waals surface area contributed by atoms with Crippen molar-refractivity contribution in [2.45, 2.75) is 19.8 Å². The van der Waals surface area contributed by atoms with Crippen LogP contribution in [0.3, 0.4) is 0 Å². The minimum absolute atomic E-state index is 0.203. The summed E-state index contributed by atoms with van der Waals surface area (Å²) in [6, 6.07) is 13.8. The molecule has 2 heterocycles. The highest BCUT2D eigenvalue weighted by Gasteiger charge is 2.37. The predicted molar refractivity (Wildman–Crippen MR) is 121 cm³/mol. The third kappa shape index (κ3) is 4.91. The quantitative estimate of drug-likeness (QED) is 0.391. The van der Waals surface area contributed by atoms with Crippen molar-refractivity contribution in [3.63, 3.8) is 0 Å². The van der Waals surface area contributed by atoms with E-state index in [1.807, 2.05) is 13.0 Å². The number of imide groups is 1. The zero-order valence-corrected chi connectivity index (χ0v) is 18.4. The van der Waals surface area contributed by atoms with Crippen LogP contribution in [-0.2, 0) is 9.59 Å². The Bertz CT molecular complexity index is 1100. The molecule has 0 N–H and O–H groups in total. The van der Waals surface area contributed by atoms with Crippen LogP contribution in [0.1, 0.15) is 34.3 Å². The fourth-order valence-corrected chi connectivity index (χ4v) is 4.40. The Hall–Kier alpha value is -3.39. The minimum atomic E-state index is -0.470. The van der Waals surface area contributed by atoms with E-state index in [1.165, 1.54) is 0 Å². The number of nitrogens with zero attached hydrogens (tertiary/aromatic N) is 2. The molecule has 0 aliphatic carbocycles. The molecule has 2 aliphatic heterocycles. The van der Waals surface area contributed by atoms with Gasteiger partial charge in [0.15, 0.2) is 0 Å². The maximum absolute atomic E-state index is 12.6. The minimum Gasteiger partial charge on any atom is -0.423 e. The number of aryl methyl sites for hydroxylation is 1. The topological polar surface area (TPSA) is 84.0 Å². The van der Waals surface area contributed by atoms with Crippen LogP contribution in [-0.4, -0.2) is 52.5 Å². The number of benzene rings is 2. The molecular weight excluding hydrogens is 428 g/mol. The third-order valence-corrected chi connectivity index (χ3v) is 6.18. The van der Waals surface area contributed by atoms with E-state index in [1.54, 1.807) is 53.4 Å². The maximum Gasteiger partial charge on any atom is 0.343 e. The third-order valence-electron chi connectivity index (χ3n) is 5.27. The second-order valence-electron chi connectivity index (χ2n) is 7.68. The standard InChI is InChI=1S/C24H22N2O5S/c1-16-5-4-6-18(13-16)23(29)31-19-9-7-17(8-10-19)14-20-22(28)26(24(30)32-20)15-21(27)25-11-2-3-12-25/h4-10,13-14H,2-3,11-12,15H2,1H3/b20-14-. The van der Waals surface area contributed by atoms with Crippen LogP contribution in [0.15, 0.2) is 53.4 Å². The van der Waals surface area contributed by atoms with Gasteiger partial charge in [0.25, 0.3) is 11.1 Å². The van der Waals surface area contributed by atoms with Gasteiger partial charge in [-0.2, -0.15) is 0 Å². The monoisotopic (exact) mass is 450 g/mol. The van der Waals surface area contributed by atoms with Crippen molar-refractivity contribution in [3.05, 3.63) is 70.1 Å². The normalized spacial score (nSPS) is 17.3. The highest BCUT2D eigenvalue weighted by atomic mass is 32.2. The summed E-state index contributed by atoms with van der Waals surface area (Å²) in [4.78, 5) is 52.4. The number of hydrogen-bond donors (Lipinski definition) is 0. The molecule has 0 bridgehead atoms. The lowest BCUT2D eigenvalue weighted by Gasteiger charge is -2.18. The Morgan fingerprint density at radius 3 is 2.47 bits per heavy atom. The Kier molecular flexibility index (Phi) is 6.41. The summed E-state index contributed by atoms with van der Waals surface area (Å²) in [5.41, 5.74) is 2.11. The number of amides is 3. The van der Waals surface area contributed by atoms with E-state index in [4.69, 9.17) is 4.74 Å². The molecule has 8 heteroatoms. The van der Waals surface area contributed by atoms with Crippen molar-refractivity contribution >= 4 is 40.9 Å². The van der Waals surface area contributed by atoms with Gasteiger partial charge in [0.1, 0.15) is 12.3 Å². The van der Waals surface area contributed by atoms with E-state index in [2.05, 4.69) is 0 Å². The molecule has 0 spiro atoms. The molecule has 32 heavy (non-hydrogen) atoms. The molecule has 0 atom stereocenters. The lowest BCUT2D eigenvalue weighted by molar-refractivity contribution is -0.135. The Morgan fingerprint density at radius 2 is 1.78 bits per heavy atom. The second-order valence-corrected chi connectivity index (χ2v) is 8.68. The summed E-state index contributed by atoms with van der Waals surface area (Å²) in [6.45, 7) is 3.02. The average Bonchev–Trinajstić information content (AvgIpc) is 3.40. The van der Waals surface area contributed by atoms with Crippen molar-refractivity contribution in [1.29, 1.82) is 0 Å². The smallest absolute Gasteiger partial charge is 0.343 e. The van der Waals surface area contributed by atoms with E-state index < -0.39 is 17.1 Å². The molecule has 4 rings (SSSR count). The van der Waals surface area contributed by atoms with Crippen molar-refractivity contribution in [2.24, 2.45) is 0 Å². The van der Waals surface area contributed by atoms with Gasteiger partial charge in [0.2, 0.25) is 5.91 Å². The molecular formula is C24H22N2O5S. The molecule has 2 fully saturated rings. The largest absolute Gasteiger partial charge is 0.423 e. The van der Waals surface area contributed by atoms with Gasteiger partial charge in [-0.05, 0) is 67.4 Å². The lowest BCUT2D eigenvalue weighted by atomic mass is 10.1. The molecule has 3 amide bonds. The number of rotatable bonds is 5. The molecule has 0 radical (unpaired) electrons. The molecule has 2 aromatic rings. The zero-order chi connectivity index (χ0) is 22.7. The van der Waals surface area contributed by atoms with E-state index in [9.17, 15) is 19.2 Å². The Labute approximate surface area is 190 Å². The van der Waals surface area contributed by atoms with Crippen molar-refractivity contribution in [1.82, 2.24) is 9.80 Å². The fraction of sp³-hybridized carbons (Fsp3) is 0.250. The number of likely N-dealkylation sites (tertiary alicyclic amines) is 1. The van der Waals surface area contributed by atoms with Crippen LogP contribution in [0.5, 0.6) is 5.75 Å². The van der Waals surface area contributed by atoms with E-state index >= 15 is 0 Å². The first-order chi connectivity index (χ1) is 15.4. The first-order valence-electron chi connectivity index (χ1n) is 10.3. The van der Waals surface area contributed by atoms with Crippen molar-refractivity contribution in [2.75, 3.05) is 19.6 Å². The van der Waals surface area contributed by atoms with Crippen LogP contribution in [0.25, 0.3) is 6.08 Å². The van der Waals surface area contributed by atoms with Gasteiger partial charge in [0, 0.05) is 13.1 Å². The Balaban J connectivity index is 1.40. The van der Waals surface area contributed by atoms with Gasteiger partial charge in [-0.3, -0.25) is 19.3 Å². The molecule has 7 nitrogen and oxygen atoms in total. The number of carbonyl (C=O) groups is 4. The van der Waals surface area contributed by atoms with Crippen LogP contribution < -0.4 is 4.74 Å². The van der Waals surface area contributed by atoms with Gasteiger partial charge in [0.05, 0.1) is 10.5 Å². The number of carbonyl (C=O) groups excluding carboxylic acids is 4. The van der Waals surface area contributed by atoms with Crippen LogP contribution in [0.4, 0.5) is 4.79 Å². The molecule has 2 saturated heterocycles.